The van der Waals surface area contributed by atoms with Crippen molar-refractivity contribution in [1.29, 1.82) is 0 Å². The Labute approximate surface area is 118 Å². The summed E-state index contributed by atoms with van der Waals surface area (Å²) in [5.41, 5.74) is -1.84. The summed E-state index contributed by atoms with van der Waals surface area (Å²) in [5.74, 6) is -2.18. The molecule has 0 amide bonds. The van der Waals surface area contributed by atoms with E-state index in [9.17, 15) is 30.4 Å². The molecular weight excluding hydrogens is 356 g/mol. The van der Waals surface area contributed by atoms with Gasteiger partial charge in [0.25, 0.3) is 15.5 Å². The van der Waals surface area contributed by atoms with Crippen LogP contribution in [0.25, 0.3) is 0 Å². The maximum Gasteiger partial charge on any atom is 0.574 e. The Morgan fingerprint density at radius 3 is 2.25 bits per heavy atom. The van der Waals surface area contributed by atoms with E-state index >= 15 is 0 Å². The normalized spacial score (nSPS) is 12.8. The fourth-order valence-corrected chi connectivity index (χ4v) is 2.16. The lowest BCUT2D eigenvalue weighted by atomic mass is 10.1. The topological polar surface area (TPSA) is 56.3 Å². The first-order chi connectivity index (χ1) is 8.95. The summed E-state index contributed by atoms with van der Waals surface area (Å²) in [7, 11) is 0.244. The van der Waals surface area contributed by atoms with Gasteiger partial charge in [0, 0.05) is 21.8 Å². The molecule has 1 rings (SSSR count). The van der Waals surface area contributed by atoms with Gasteiger partial charge in [0.15, 0.2) is 5.03 Å². The van der Waals surface area contributed by atoms with Crippen LogP contribution in [0.15, 0.2) is 11.1 Å². The second-order valence-corrected chi connectivity index (χ2v) is 6.03. The van der Waals surface area contributed by atoms with E-state index in [2.05, 4.69) is 9.72 Å². The van der Waals surface area contributed by atoms with Crippen molar-refractivity contribution in [2.45, 2.75) is 23.7 Å². The molecule has 0 atom stereocenters. The van der Waals surface area contributed by atoms with Gasteiger partial charge < -0.3 is 4.74 Å². The van der Waals surface area contributed by atoms with Gasteiger partial charge in [-0.2, -0.15) is 4.98 Å². The van der Waals surface area contributed by atoms with Crippen LogP contribution in [0.1, 0.15) is 17.6 Å². The zero-order valence-electron chi connectivity index (χ0n) is 9.09. The maximum atomic E-state index is 12.7. The number of ether oxygens (including phenoxy) is 1. The minimum Gasteiger partial charge on any atom is -0.387 e. The highest BCUT2D eigenvalue weighted by Gasteiger charge is 2.35. The smallest absolute Gasteiger partial charge is 0.387 e. The molecule has 0 saturated heterocycles. The van der Waals surface area contributed by atoms with Crippen LogP contribution in [0.3, 0.4) is 0 Å². The van der Waals surface area contributed by atoms with Crippen LogP contribution in [0.5, 0.6) is 5.88 Å². The zero-order valence-corrected chi connectivity index (χ0v) is 11.4. The molecule has 0 fully saturated rings. The number of rotatable bonds is 4. The van der Waals surface area contributed by atoms with Crippen molar-refractivity contribution in [1.82, 2.24) is 4.98 Å². The molecule has 0 aliphatic heterocycles. The molecule has 0 spiro atoms. The minimum atomic E-state index is -5.26. The summed E-state index contributed by atoms with van der Waals surface area (Å²) in [6.07, 6.45) is -8.55. The van der Waals surface area contributed by atoms with E-state index < -0.39 is 49.8 Å². The number of alkyl halides is 6. The van der Waals surface area contributed by atoms with E-state index in [4.69, 9.17) is 22.3 Å². The summed E-state index contributed by atoms with van der Waals surface area (Å²) in [6, 6.07) is 0.341. The SMILES string of the molecule is O=S(=O)(Cl)c1cc(C(F)F)c(CCl)c(OC(F)(F)F)n1. The second kappa shape index (κ2) is 5.86. The quantitative estimate of drug-likeness (QED) is 0.468. The van der Waals surface area contributed by atoms with Crippen molar-refractivity contribution in [3.63, 3.8) is 0 Å². The Morgan fingerprint density at radius 2 is 1.90 bits per heavy atom. The molecular formula is C8H4Cl2F5NO3S. The summed E-state index contributed by atoms with van der Waals surface area (Å²) in [4.78, 5) is 2.96. The van der Waals surface area contributed by atoms with Gasteiger partial charge >= 0.3 is 6.36 Å². The van der Waals surface area contributed by atoms with Crippen LogP contribution in [-0.4, -0.2) is 19.8 Å². The highest BCUT2D eigenvalue weighted by atomic mass is 35.7. The summed E-state index contributed by atoms with van der Waals surface area (Å²) >= 11 is 5.27. The average molecular weight is 360 g/mol. The molecule has 0 N–H and O–H groups in total. The van der Waals surface area contributed by atoms with E-state index in [1.54, 1.807) is 0 Å². The van der Waals surface area contributed by atoms with E-state index in [0.29, 0.717) is 6.07 Å². The predicted octanol–water partition coefficient (Wildman–Crippen LogP) is 3.58. The molecule has 12 heteroatoms. The average Bonchev–Trinajstić information content (AvgIpc) is 2.24. The van der Waals surface area contributed by atoms with Crippen LogP contribution in [0.4, 0.5) is 22.0 Å². The minimum absolute atomic E-state index is 0.341. The number of aromatic nitrogens is 1. The van der Waals surface area contributed by atoms with Crippen LogP contribution in [0, 0.1) is 0 Å². The third-order valence-corrected chi connectivity index (χ3v) is 3.38. The lowest BCUT2D eigenvalue weighted by molar-refractivity contribution is -0.276. The molecule has 0 bridgehead atoms. The number of nitrogens with zero attached hydrogens (tertiary/aromatic N) is 1. The van der Waals surface area contributed by atoms with Crippen molar-refractivity contribution < 1.29 is 35.1 Å². The van der Waals surface area contributed by atoms with E-state index in [1.165, 1.54) is 0 Å². The fourth-order valence-electron chi connectivity index (χ4n) is 1.19. The van der Waals surface area contributed by atoms with Gasteiger partial charge in [0.2, 0.25) is 5.88 Å². The molecule has 1 heterocycles. The number of pyridine rings is 1. The first kappa shape index (κ1) is 17.2. The largest absolute Gasteiger partial charge is 0.574 e. The molecule has 114 valence electrons. The van der Waals surface area contributed by atoms with Crippen molar-refractivity contribution in [3.05, 3.63) is 17.2 Å². The lowest BCUT2D eigenvalue weighted by Gasteiger charge is -2.15. The summed E-state index contributed by atoms with van der Waals surface area (Å²) in [6.45, 7) is 0. The van der Waals surface area contributed by atoms with Gasteiger partial charge in [-0.3, -0.25) is 0 Å². The Balaban J connectivity index is 3.58. The van der Waals surface area contributed by atoms with E-state index in [-0.39, 0.29) is 0 Å². The molecule has 0 aliphatic carbocycles. The Bertz CT molecular complexity index is 605. The molecule has 0 aliphatic rings. The second-order valence-electron chi connectivity index (χ2n) is 3.25. The number of hydrogen-bond donors (Lipinski definition) is 0. The highest BCUT2D eigenvalue weighted by molar-refractivity contribution is 8.13. The third-order valence-electron chi connectivity index (χ3n) is 1.93. The van der Waals surface area contributed by atoms with Crippen LogP contribution < -0.4 is 4.74 Å². The fraction of sp³-hybridized carbons (Fsp3) is 0.375. The van der Waals surface area contributed by atoms with Crippen molar-refractivity contribution >= 4 is 31.3 Å². The molecule has 0 aromatic carbocycles. The first-order valence-corrected chi connectivity index (χ1v) is 7.38. The predicted molar refractivity (Wildman–Crippen MR) is 58.5 cm³/mol. The van der Waals surface area contributed by atoms with E-state index in [1.807, 2.05) is 0 Å². The van der Waals surface area contributed by atoms with Crippen LogP contribution in [0.2, 0.25) is 0 Å². The van der Waals surface area contributed by atoms with Gasteiger partial charge in [-0.05, 0) is 6.07 Å². The molecule has 4 nitrogen and oxygen atoms in total. The van der Waals surface area contributed by atoms with Gasteiger partial charge in [-0.25, -0.2) is 17.2 Å². The Kier molecular flexibility index (Phi) is 5.03. The van der Waals surface area contributed by atoms with Gasteiger partial charge in [0.05, 0.1) is 5.88 Å². The molecule has 0 unspecified atom stereocenters. The first-order valence-electron chi connectivity index (χ1n) is 4.54. The molecule has 0 saturated carbocycles. The molecule has 1 aromatic heterocycles. The molecule has 20 heavy (non-hydrogen) atoms. The standard InChI is InChI=1S/C8H4Cl2F5NO3S/c9-2-4-3(6(11)12)1-5(20(10,17)18)16-7(4)19-8(13,14)15/h1,6H,2H2. The maximum absolute atomic E-state index is 12.7. The van der Waals surface area contributed by atoms with E-state index in [0.717, 1.165) is 0 Å². The lowest BCUT2D eigenvalue weighted by Crippen LogP contribution is -2.20. The van der Waals surface area contributed by atoms with Gasteiger partial charge in [0.1, 0.15) is 0 Å². The van der Waals surface area contributed by atoms with Gasteiger partial charge in [-0.15, -0.1) is 24.8 Å². The monoisotopic (exact) mass is 359 g/mol. The van der Waals surface area contributed by atoms with Crippen molar-refractivity contribution in [3.8, 4) is 5.88 Å². The Morgan fingerprint density at radius 1 is 1.35 bits per heavy atom. The molecule has 1 aromatic rings. The number of hydrogen-bond acceptors (Lipinski definition) is 4. The van der Waals surface area contributed by atoms with Crippen molar-refractivity contribution in [2.24, 2.45) is 0 Å². The summed E-state index contributed by atoms with van der Waals surface area (Å²) < 4.78 is 87.3. The van der Waals surface area contributed by atoms with Crippen LogP contribution >= 0.6 is 22.3 Å². The number of halogens is 7. The summed E-state index contributed by atoms with van der Waals surface area (Å²) in [5, 5.41) is -1.19. The highest BCUT2D eigenvalue weighted by Crippen LogP contribution is 2.35. The Hall–Kier alpha value is -0.870. The molecule has 0 radical (unpaired) electrons. The zero-order chi connectivity index (χ0) is 15.7. The third kappa shape index (κ3) is 4.32. The van der Waals surface area contributed by atoms with Crippen molar-refractivity contribution in [2.75, 3.05) is 0 Å². The van der Waals surface area contributed by atoms with Gasteiger partial charge in [-0.1, -0.05) is 0 Å². The van der Waals surface area contributed by atoms with Crippen LogP contribution in [-0.2, 0) is 14.9 Å².